The molecule has 0 aliphatic carbocycles. The van der Waals surface area contributed by atoms with Gasteiger partial charge < -0.3 is 9.84 Å². The summed E-state index contributed by atoms with van der Waals surface area (Å²) in [5.74, 6) is 1.51. The first kappa shape index (κ1) is 14.4. The Morgan fingerprint density at radius 2 is 2.09 bits per heavy atom. The molecule has 2 aliphatic heterocycles. The first-order valence-electron chi connectivity index (χ1n) is 8.18. The minimum atomic E-state index is 0.0824. The molecule has 2 atom stereocenters. The zero-order valence-electron chi connectivity index (χ0n) is 12.9. The summed E-state index contributed by atoms with van der Waals surface area (Å²) in [5, 5.41) is 7.21. The highest BCUT2D eigenvalue weighted by molar-refractivity contribution is 5.79. The number of rotatable bonds is 3. The number of fused-ring (bicyclic) bond motifs is 3. The van der Waals surface area contributed by atoms with Gasteiger partial charge in [-0.05, 0) is 12.8 Å². The molecule has 1 aromatic heterocycles. The number of amides is 1. The van der Waals surface area contributed by atoms with Gasteiger partial charge in [0.15, 0.2) is 0 Å². The lowest BCUT2D eigenvalue weighted by molar-refractivity contribution is -0.124. The number of benzene rings is 1. The fraction of sp³-hybridized carbons (Fsp3) is 0.471. The topological polar surface area (TPSA) is 71.3 Å². The Morgan fingerprint density at radius 3 is 2.96 bits per heavy atom. The summed E-state index contributed by atoms with van der Waals surface area (Å²) in [5.41, 5.74) is 0.951. The second kappa shape index (κ2) is 6.12. The third-order valence-electron chi connectivity index (χ3n) is 4.64. The highest BCUT2D eigenvalue weighted by atomic mass is 16.5. The molecular formula is C17H20N4O2. The van der Waals surface area contributed by atoms with Crippen LogP contribution in [0.3, 0.4) is 0 Å². The Morgan fingerprint density at radius 1 is 1.22 bits per heavy atom. The molecule has 2 saturated heterocycles. The average Bonchev–Trinajstić information content (AvgIpc) is 2.87. The van der Waals surface area contributed by atoms with Crippen molar-refractivity contribution in [2.45, 2.75) is 31.8 Å². The molecule has 1 N–H and O–H groups in total. The van der Waals surface area contributed by atoms with Crippen LogP contribution in [0.5, 0.6) is 0 Å². The first-order chi connectivity index (χ1) is 11.3. The van der Waals surface area contributed by atoms with Crippen LogP contribution < -0.4 is 5.32 Å². The maximum absolute atomic E-state index is 12.1. The lowest BCUT2D eigenvalue weighted by atomic mass is 9.99. The van der Waals surface area contributed by atoms with E-state index in [0.717, 1.165) is 37.9 Å². The second-order valence-corrected chi connectivity index (χ2v) is 6.41. The zero-order valence-corrected chi connectivity index (χ0v) is 12.9. The Hall–Kier alpha value is -2.21. The van der Waals surface area contributed by atoms with E-state index in [0.29, 0.717) is 18.3 Å². The van der Waals surface area contributed by atoms with Gasteiger partial charge in [-0.3, -0.25) is 9.69 Å². The van der Waals surface area contributed by atoms with Crippen LogP contribution in [0.2, 0.25) is 0 Å². The maximum Gasteiger partial charge on any atom is 0.241 e. The normalized spacial score (nSPS) is 25.0. The van der Waals surface area contributed by atoms with Gasteiger partial charge in [0.1, 0.15) is 0 Å². The van der Waals surface area contributed by atoms with E-state index < -0.39 is 0 Å². The van der Waals surface area contributed by atoms with Crippen molar-refractivity contribution in [1.82, 2.24) is 20.4 Å². The Labute approximate surface area is 134 Å². The quantitative estimate of drug-likeness (QED) is 0.936. The number of nitrogens with one attached hydrogen (secondary N) is 1. The number of likely N-dealkylation sites (tertiary alicyclic amines) is 1. The lowest BCUT2D eigenvalue weighted by Crippen LogP contribution is -2.38. The number of hydrogen-bond donors (Lipinski definition) is 1. The van der Waals surface area contributed by atoms with Gasteiger partial charge in [-0.15, -0.1) is 0 Å². The fourth-order valence-electron chi connectivity index (χ4n) is 3.49. The third-order valence-corrected chi connectivity index (χ3v) is 4.64. The standard InChI is InChI=1S/C17H20N4O2/c22-17-13-7-4-8-14(18-17)10-21(9-13)11-15-19-16(20-23-15)12-5-2-1-3-6-12/h1-3,5-6,13-14H,4,7-11H2,(H,18,22)/t13-,14+/m1/s1. The molecule has 0 unspecified atom stereocenters. The van der Waals surface area contributed by atoms with E-state index in [-0.39, 0.29) is 17.9 Å². The molecule has 6 heteroatoms. The van der Waals surface area contributed by atoms with Crippen LogP contribution in [0.1, 0.15) is 25.2 Å². The van der Waals surface area contributed by atoms with E-state index in [2.05, 4.69) is 20.4 Å². The van der Waals surface area contributed by atoms with Crippen LogP contribution in [0.15, 0.2) is 34.9 Å². The molecule has 23 heavy (non-hydrogen) atoms. The molecule has 2 aliphatic rings. The van der Waals surface area contributed by atoms with Gasteiger partial charge in [-0.2, -0.15) is 4.98 Å². The predicted octanol–water partition coefficient (Wildman–Crippen LogP) is 1.84. The molecule has 0 spiro atoms. The van der Waals surface area contributed by atoms with E-state index >= 15 is 0 Å². The smallest absolute Gasteiger partial charge is 0.241 e. The monoisotopic (exact) mass is 312 g/mol. The summed E-state index contributed by atoms with van der Waals surface area (Å²) in [7, 11) is 0. The SMILES string of the molecule is O=C1N[C@H]2CCC[C@@H]1CN(Cc1nc(-c3ccccc3)no1)C2. The summed E-state index contributed by atoms with van der Waals surface area (Å²) < 4.78 is 5.40. The molecule has 3 heterocycles. The number of aromatic nitrogens is 2. The van der Waals surface area contributed by atoms with Crippen molar-refractivity contribution < 1.29 is 9.32 Å². The Kier molecular flexibility index (Phi) is 3.83. The summed E-state index contributed by atoms with van der Waals surface area (Å²) in [4.78, 5) is 18.8. The van der Waals surface area contributed by atoms with Crippen molar-refractivity contribution in [1.29, 1.82) is 0 Å². The predicted molar refractivity (Wildman–Crippen MR) is 84.3 cm³/mol. The van der Waals surface area contributed by atoms with E-state index in [1.54, 1.807) is 0 Å². The molecule has 1 amide bonds. The molecule has 0 saturated carbocycles. The van der Waals surface area contributed by atoms with Crippen molar-refractivity contribution in [3.8, 4) is 11.4 Å². The highest BCUT2D eigenvalue weighted by Gasteiger charge is 2.33. The van der Waals surface area contributed by atoms with E-state index in [9.17, 15) is 4.79 Å². The van der Waals surface area contributed by atoms with E-state index in [1.165, 1.54) is 0 Å². The van der Waals surface area contributed by atoms with Gasteiger partial charge >= 0.3 is 0 Å². The molecule has 4 rings (SSSR count). The summed E-state index contributed by atoms with van der Waals surface area (Å²) >= 11 is 0. The van der Waals surface area contributed by atoms with Crippen LogP contribution in [0, 0.1) is 5.92 Å². The minimum absolute atomic E-state index is 0.0824. The molecule has 120 valence electrons. The van der Waals surface area contributed by atoms with Crippen molar-refractivity contribution >= 4 is 5.91 Å². The fourth-order valence-corrected chi connectivity index (χ4v) is 3.49. The molecule has 2 fully saturated rings. The minimum Gasteiger partial charge on any atom is -0.352 e. The molecule has 0 radical (unpaired) electrons. The molecular weight excluding hydrogens is 292 g/mol. The van der Waals surface area contributed by atoms with Crippen molar-refractivity contribution in [3.05, 3.63) is 36.2 Å². The van der Waals surface area contributed by atoms with Gasteiger partial charge in [-0.25, -0.2) is 0 Å². The molecule has 2 aromatic rings. The second-order valence-electron chi connectivity index (χ2n) is 6.41. The number of carbonyl (C=O) groups excluding carboxylic acids is 1. The number of nitrogens with zero attached hydrogens (tertiary/aromatic N) is 3. The van der Waals surface area contributed by atoms with Crippen LogP contribution in [-0.2, 0) is 11.3 Å². The Bertz CT molecular complexity index is 685. The van der Waals surface area contributed by atoms with Crippen molar-refractivity contribution in [3.63, 3.8) is 0 Å². The van der Waals surface area contributed by atoms with Gasteiger partial charge in [0, 0.05) is 24.7 Å². The van der Waals surface area contributed by atoms with Crippen LogP contribution in [0.25, 0.3) is 11.4 Å². The van der Waals surface area contributed by atoms with Crippen LogP contribution >= 0.6 is 0 Å². The van der Waals surface area contributed by atoms with Gasteiger partial charge in [0.2, 0.25) is 17.6 Å². The first-order valence-corrected chi connectivity index (χ1v) is 8.18. The van der Waals surface area contributed by atoms with Gasteiger partial charge in [0.05, 0.1) is 12.5 Å². The van der Waals surface area contributed by atoms with E-state index in [1.807, 2.05) is 30.3 Å². The highest BCUT2D eigenvalue weighted by Crippen LogP contribution is 2.23. The van der Waals surface area contributed by atoms with Gasteiger partial charge in [-0.1, -0.05) is 41.9 Å². The van der Waals surface area contributed by atoms with Crippen molar-refractivity contribution in [2.24, 2.45) is 5.92 Å². The largest absolute Gasteiger partial charge is 0.352 e. The van der Waals surface area contributed by atoms with Crippen LogP contribution in [-0.4, -0.2) is 40.1 Å². The van der Waals surface area contributed by atoms with Crippen LogP contribution in [0.4, 0.5) is 0 Å². The number of carbonyl (C=O) groups is 1. The maximum atomic E-state index is 12.1. The van der Waals surface area contributed by atoms with Gasteiger partial charge in [0.25, 0.3) is 0 Å². The zero-order chi connectivity index (χ0) is 15.6. The average molecular weight is 312 g/mol. The van der Waals surface area contributed by atoms with Crippen molar-refractivity contribution in [2.75, 3.05) is 13.1 Å². The summed E-state index contributed by atoms with van der Waals surface area (Å²) in [6.45, 7) is 2.22. The molecule has 6 nitrogen and oxygen atoms in total. The Balaban J connectivity index is 1.48. The summed E-state index contributed by atoms with van der Waals surface area (Å²) in [6, 6.07) is 10.1. The lowest BCUT2D eigenvalue weighted by Gasteiger charge is -2.25. The number of hydrogen-bond acceptors (Lipinski definition) is 5. The third kappa shape index (κ3) is 3.12. The van der Waals surface area contributed by atoms with E-state index in [4.69, 9.17) is 4.52 Å². The molecule has 2 bridgehead atoms. The summed E-state index contributed by atoms with van der Waals surface area (Å²) in [6.07, 6.45) is 3.15. The molecule has 1 aromatic carbocycles.